The molecule has 0 bridgehead atoms. The molecular weight excluding hydrogens is 589 g/mol. The number of carbonyl (C=O) groups excluding carboxylic acids is 2. The van der Waals surface area contributed by atoms with Crippen molar-refractivity contribution in [3.8, 4) is 0 Å². The van der Waals surface area contributed by atoms with Crippen molar-refractivity contribution in [2.45, 2.75) is 24.0 Å². The van der Waals surface area contributed by atoms with Gasteiger partial charge in [0, 0.05) is 82.4 Å². The van der Waals surface area contributed by atoms with Gasteiger partial charge < -0.3 is 19.6 Å². The summed E-state index contributed by atoms with van der Waals surface area (Å²) < 4.78 is 39.4. The first-order valence-electron chi connectivity index (χ1n) is 13.5. The van der Waals surface area contributed by atoms with Crippen LogP contribution in [0.1, 0.15) is 28.4 Å². The summed E-state index contributed by atoms with van der Waals surface area (Å²) in [6.07, 6.45) is -4.38. The molecule has 0 radical (unpaired) electrons. The number of rotatable bonds is 6. The lowest BCUT2D eigenvalue weighted by molar-refractivity contribution is -0.137. The topological polar surface area (TPSA) is 72.9 Å². The molecule has 2 fully saturated rings. The van der Waals surface area contributed by atoms with E-state index < -0.39 is 11.7 Å². The Bertz CT molecular complexity index is 1430. The van der Waals surface area contributed by atoms with Gasteiger partial charge in [0.15, 0.2) is 5.16 Å². The number of piperazine rings is 2. The van der Waals surface area contributed by atoms with Crippen molar-refractivity contribution in [2.75, 3.05) is 62.2 Å². The Hall–Kier alpha value is -3.51. The van der Waals surface area contributed by atoms with Gasteiger partial charge >= 0.3 is 6.18 Å². The number of hydrogen-bond acceptors (Lipinski definition) is 7. The Kier molecular flexibility index (Phi) is 9.12. The number of thioether (sulfide) groups is 1. The monoisotopic (exact) mass is 618 g/mol. The van der Waals surface area contributed by atoms with Gasteiger partial charge in [-0.25, -0.2) is 9.97 Å². The highest BCUT2D eigenvalue weighted by atomic mass is 35.5. The Morgan fingerprint density at radius 3 is 2.14 bits per heavy atom. The minimum atomic E-state index is -4.38. The van der Waals surface area contributed by atoms with Gasteiger partial charge in [-0.1, -0.05) is 41.6 Å². The maximum absolute atomic E-state index is 13.1. The minimum absolute atomic E-state index is 0.0244. The Labute approximate surface area is 251 Å². The largest absolute Gasteiger partial charge is 0.416 e. The van der Waals surface area contributed by atoms with E-state index in [2.05, 4.69) is 14.9 Å². The molecule has 2 aromatic carbocycles. The molecule has 222 valence electrons. The molecule has 5 rings (SSSR count). The van der Waals surface area contributed by atoms with Crippen LogP contribution in [-0.4, -0.2) is 83.9 Å². The molecular formula is C29H30ClF3N6O2S. The summed E-state index contributed by atoms with van der Waals surface area (Å²) in [6.45, 7) is 5.91. The van der Waals surface area contributed by atoms with Crippen LogP contribution >= 0.6 is 23.4 Å². The molecule has 0 spiro atoms. The molecule has 3 heterocycles. The van der Waals surface area contributed by atoms with Crippen LogP contribution in [0.15, 0.2) is 59.8 Å². The molecule has 2 aliphatic heterocycles. The van der Waals surface area contributed by atoms with Gasteiger partial charge in [0.1, 0.15) is 11.0 Å². The van der Waals surface area contributed by atoms with E-state index in [-0.39, 0.29) is 11.8 Å². The second-order valence-corrected chi connectivity index (χ2v) is 11.5. The highest BCUT2D eigenvalue weighted by Crippen LogP contribution is 2.32. The molecule has 3 aromatic rings. The summed E-state index contributed by atoms with van der Waals surface area (Å²) in [4.78, 5) is 40.9. The maximum atomic E-state index is 13.1. The van der Waals surface area contributed by atoms with Crippen molar-refractivity contribution in [3.63, 3.8) is 0 Å². The lowest BCUT2D eigenvalue weighted by Gasteiger charge is -2.37. The van der Waals surface area contributed by atoms with Crippen molar-refractivity contribution in [1.29, 1.82) is 0 Å². The Morgan fingerprint density at radius 1 is 0.857 bits per heavy atom. The van der Waals surface area contributed by atoms with Crippen LogP contribution in [0, 0.1) is 0 Å². The van der Waals surface area contributed by atoms with Crippen molar-refractivity contribution in [1.82, 2.24) is 19.8 Å². The highest BCUT2D eigenvalue weighted by molar-refractivity contribution is 7.98. The fourth-order valence-corrected chi connectivity index (χ4v) is 6.02. The van der Waals surface area contributed by atoms with Crippen molar-refractivity contribution < 1.29 is 22.8 Å². The van der Waals surface area contributed by atoms with Gasteiger partial charge in [0.25, 0.3) is 5.91 Å². The van der Waals surface area contributed by atoms with Crippen LogP contribution in [0.4, 0.5) is 24.7 Å². The zero-order valence-electron chi connectivity index (χ0n) is 23.0. The third-order valence-corrected chi connectivity index (χ3v) is 8.50. The first kappa shape index (κ1) is 30.0. The van der Waals surface area contributed by atoms with Crippen LogP contribution in [-0.2, 0) is 16.7 Å². The molecule has 13 heteroatoms. The van der Waals surface area contributed by atoms with E-state index in [1.54, 1.807) is 21.9 Å². The molecule has 1 aromatic heterocycles. The van der Waals surface area contributed by atoms with E-state index in [0.29, 0.717) is 85.5 Å². The standard InChI is InChI=1S/C29H30ClF3N6O2S/c1-20(40)36-9-15-39(16-10-36)27(41)22-7-5-21(6-8-22)19-42-28-34-25(30)18-26(35-28)38-13-11-37(12-14-38)24-4-2-3-23(17-24)29(31,32)33/h2-8,17-18H,9-16,19H2,1H3. The first-order chi connectivity index (χ1) is 20.1. The molecule has 2 aliphatic rings. The number of aromatic nitrogens is 2. The molecule has 8 nitrogen and oxygen atoms in total. The molecule has 0 saturated carbocycles. The molecule has 42 heavy (non-hydrogen) atoms. The SMILES string of the molecule is CC(=O)N1CCN(C(=O)c2ccc(CSc3nc(Cl)cc(N4CCN(c5cccc(C(F)(F)F)c5)CC4)n3)cc2)CC1. The molecule has 0 N–H and O–H groups in total. The fourth-order valence-electron chi connectivity index (χ4n) is 4.98. The zero-order valence-corrected chi connectivity index (χ0v) is 24.6. The van der Waals surface area contributed by atoms with Crippen molar-refractivity contribution in [3.05, 3.63) is 76.4 Å². The third-order valence-electron chi connectivity index (χ3n) is 7.38. The van der Waals surface area contributed by atoms with Gasteiger partial charge in [-0.05, 0) is 35.9 Å². The number of carbonyl (C=O) groups is 2. The minimum Gasteiger partial charge on any atom is -0.368 e. The van der Waals surface area contributed by atoms with Gasteiger partial charge in [0.05, 0.1) is 5.56 Å². The predicted octanol–water partition coefficient (Wildman–Crippen LogP) is 5.07. The van der Waals surface area contributed by atoms with Crippen LogP contribution in [0.3, 0.4) is 0 Å². The second-order valence-electron chi connectivity index (χ2n) is 10.1. The summed E-state index contributed by atoms with van der Waals surface area (Å²) in [7, 11) is 0. The highest BCUT2D eigenvalue weighted by Gasteiger charge is 2.31. The normalized spacial score (nSPS) is 16.1. The number of anilines is 2. The van der Waals surface area contributed by atoms with E-state index in [4.69, 9.17) is 11.6 Å². The third kappa shape index (κ3) is 7.27. The molecule has 2 amide bonds. The van der Waals surface area contributed by atoms with Crippen LogP contribution in [0.5, 0.6) is 0 Å². The Morgan fingerprint density at radius 2 is 1.50 bits per heavy atom. The second kappa shape index (κ2) is 12.8. The van der Waals surface area contributed by atoms with Crippen LogP contribution < -0.4 is 9.80 Å². The van der Waals surface area contributed by atoms with E-state index in [1.165, 1.54) is 30.8 Å². The van der Waals surface area contributed by atoms with Crippen LogP contribution in [0.2, 0.25) is 5.15 Å². The van der Waals surface area contributed by atoms with Gasteiger partial charge in [-0.3, -0.25) is 9.59 Å². The summed E-state index contributed by atoms with van der Waals surface area (Å²) in [5.74, 6) is 1.23. The van der Waals surface area contributed by atoms with Crippen LogP contribution in [0.25, 0.3) is 0 Å². The summed E-state index contributed by atoms with van der Waals surface area (Å²) in [5, 5.41) is 0.829. The van der Waals surface area contributed by atoms with E-state index >= 15 is 0 Å². The number of nitrogens with zero attached hydrogens (tertiary/aromatic N) is 6. The Balaban J connectivity index is 1.15. The average Bonchev–Trinajstić information content (AvgIpc) is 2.99. The zero-order chi connectivity index (χ0) is 29.9. The summed E-state index contributed by atoms with van der Waals surface area (Å²) in [6, 6.07) is 14.5. The first-order valence-corrected chi connectivity index (χ1v) is 14.9. The van der Waals surface area contributed by atoms with E-state index in [9.17, 15) is 22.8 Å². The molecule has 0 aliphatic carbocycles. The number of alkyl halides is 3. The lowest BCUT2D eigenvalue weighted by atomic mass is 10.1. The van der Waals surface area contributed by atoms with Gasteiger partial charge in [-0.2, -0.15) is 13.2 Å². The number of halogens is 4. The van der Waals surface area contributed by atoms with E-state index in [0.717, 1.165) is 11.6 Å². The number of amides is 2. The fraction of sp³-hybridized carbons (Fsp3) is 0.379. The van der Waals surface area contributed by atoms with Gasteiger partial charge in [0.2, 0.25) is 5.91 Å². The summed E-state index contributed by atoms with van der Waals surface area (Å²) >= 11 is 7.75. The predicted molar refractivity (Wildman–Crippen MR) is 157 cm³/mol. The van der Waals surface area contributed by atoms with Gasteiger partial charge in [-0.15, -0.1) is 0 Å². The average molecular weight is 619 g/mol. The number of hydrogen-bond donors (Lipinski definition) is 0. The lowest BCUT2D eigenvalue weighted by Crippen LogP contribution is -2.50. The molecule has 2 saturated heterocycles. The maximum Gasteiger partial charge on any atom is 0.416 e. The van der Waals surface area contributed by atoms with Crippen molar-refractivity contribution in [2.24, 2.45) is 0 Å². The van der Waals surface area contributed by atoms with Crippen molar-refractivity contribution >= 4 is 46.7 Å². The summed E-state index contributed by atoms with van der Waals surface area (Å²) in [5.41, 5.74) is 1.49. The van der Waals surface area contributed by atoms with E-state index in [1.807, 2.05) is 29.2 Å². The molecule has 0 atom stereocenters. The smallest absolute Gasteiger partial charge is 0.368 e. The number of benzene rings is 2. The molecule has 0 unspecified atom stereocenters. The quantitative estimate of drug-likeness (QED) is 0.217.